The van der Waals surface area contributed by atoms with Crippen LogP contribution in [0.5, 0.6) is 0 Å². The van der Waals surface area contributed by atoms with Crippen LogP contribution in [0.2, 0.25) is 0 Å². The van der Waals surface area contributed by atoms with Crippen LogP contribution in [0.4, 0.5) is 5.69 Å². The molecular weight excluding hydrogens is 260 g/mol. The SMILES string of the molecule is O=[N+]([O-])C1=C(Br)C=Cc2ccccc2N1. The minimum atomic E-state index is -0.448. The van der Waals surface area contributed by atoms with Gasteiger partial charge in [0.2, 0.25) is 0 Å². The molecule has 1 aromatic rings. The molecule has 1 N–H and O–H groups in total. The zero-order valence-corrected chi connectivity index (χ0v) is 9.19. The number of halogens is 1. The zero-order chi connectivity index (χ0) is 10.8. The van der Waals surface area contributed by atoms with Crippen LogP contribution in [-0.4, -0.2) is 4.92 Å². The number of nitrogens with one attached hydrogen (secondary N) is 1. The molecule has 5 heteroatoms. The minimum absolute atomic E-state index is 0.0452. The molecule has 0 fully saturated rings. The van der Waals surface area contributed by atoms with E-state index in [0.717, 1.165) is 11.3 Å². The molecule has 0 amide bonds. The molecule has 1 heterocycles. The maximum Gasteiger partial charge on any atom is 0.335 e. The Morgan fingerprint density at radius 2 is 2.00 bits per heavy atom. The van der Waals surface area contributed by atoms with Crippen LogP contribution in [0.1, 0.15) is 5.56 Å². The summed E-state index contributed by atoms with van der Waals surface area (Å²) in [6, 6.07) is 7.41. The van der Waals surface area contributed by atoms with Crippen molar-refractivity contribution >= 4 is 27.7 Å². The van der Waals surface area contributed by atoms with Gasteiger partial charge in [-0.05, 0) is 39.1 Å². The molecule has 0 radical (unpaired) electrons. The zero-order valence-electron chi connectivity index (χ0n) is 7.61. The Hall–Kier alpha value is -1.62. The largest absolute Gasteiger partial charge is 0.358 e. The predicted molar refractivity (Wildman–Crippen MR) is 62.0 cm³/mol. The van der Waals surface area contributed by atoms with Gasteiger partial charge in [0.05, 0.1) is 0 Å². The van der Waals surface area contributed by atoms with Crippen molar-refractivity contribution in [3.8, 4) is 0 Å². The van der Waals surface area contributed by atoms with Gasteiger partial charge in [-0.25, -0.2) is 5.32 Å². The fourth-order valence-corrected chi connectivity index (χ4v) is 1.69. The van der Waals surface area contributed by atoms with Crippen molar-refractivity contribution in [2.75, 3.05) is 5.32 Å². The Labute approximate surface area is 94.6 Å². The first-order valence-corrected chi connectivity index (χ1v) is 5.06. The Morgan fingerprint density at radius 1 is 1.27 bits per heavy atom. The molecule has 0 atom stereocenters. The molecule has 0 aliphatic carbocycles. The van der Waals surface area contributed by atoms with Crippen molar-refractivity contribution < 1.29 is 4.92 Å². The average Bonchev–Trinajstić information content (AvgIpc) is 2.39. The van der Waals surface area contributed by atoms with E-state index in [9.17, 15) is 10.1 Å². The average molecular weight is 267 g/mol. The highest BCUT2D eigenvalue weighted by Crippen LogP contribution is 2.26. The maximum absolute atomic E-state index is 10.7. The lowest BCUT2D eigenvalue weighted by Crippen LogP contribution is -2.10. The van der Waals surface area contributed by atoms with E-state index in [1.54, 1.807) is 12.1 Å². The molecule has 4 nitrogen and oxygen atoms in total. The first-order chi connectivity index (χ1) is 7.18. The second-order valence-corrected chi connectivity index (χ2v) is 3.85. The monoisotopic (exact) mass is 266 g/mol. The lowest BCUT2D eigenvalue weighted by Gasteiger charge is -2.03. The van der Waals surface area contributed by atoms with Gasteiger partial charge in [0.25, 0.3) is 0 Å². The van der Waals surface area contributed by atoms with Crippen LogP contribution in [0.25, 0.3) is 6.08 Å². The molecule has 1 aromatic carbocycles. The summed E-state index contributed by atoms with van der Waals surface area (Å²) in [4.78, 5) is 10.3. The lowest BCUT2D eigenvalue weighted by molar-refractivity contribution is -0.422. The third-order valence-electron chi connectivity index (χ3n) is 2.03. The molecule has 0 bridgehead atoms. The van der Waals surface area contributed by atoms with E-state index < -0.39 is 4.92 Å². The number of fused-ring (bicyclic) bond motifs is 1. The number of nitro groups is 1. The van der Waals surface area contributed by atoms with Gasteiger partial charge in [-0.1, -0.05) is 18.2 Å². The van der Waals surface area contributed by atoms with E-state index in [-0.39, 0.29) is 5.82 Å². The van der Waals surface area contributed by atoms with Gasteiger partial charge in [0, 0.05) is 5.56 Å². The Bertz CT molecular complexity index is 480. The van der Waals surface area contributed by atoms with Gasteiger partial charge in [0.1, 0.15) is 10.2 Å². The van der Waals surface area contributed by atoms with Crippen LogP contribution in [0, 0.1) is 10.1 Å². The second-order valence-electron chi connectivity index (χ2n) is 3.00. The molecule has 1 aliphatic heterocycles. The number of benzene rings is 1. The third-order valence-corrected chi connectivity index (χ3v) is 2.67. The van der Waals surface area contributed by atoms with E-state index in [1.807, 2.05) is 24.3 Å². The summed E-state index contributed by atoms with van der Waals surface area (Å²) < 4.78 is 0.434. The quantitative estimate of drug-likeness (QED) is 0.628. The predicted octanol–water partition coefficient (Wildman–Crippen LogP) is 2.97. The summed E-state index contributed by atoms with van der Waals surface area (Å²) in [7, 11) is 0. The van der Waals surface area contributed by atoms with Crippen LogP contribution < -0.4 is 5.32 Å². The molecule has 76 valence electrons. The summed E-state index contributed by atoms with van der Waals surface area (Å²) in [5.74, 6) is -0.0452. The number of rotatable bonds is 1. The number of nitrogens with zero attached hydrogens (tertiary/aromatic N) is 1. The Morgan fingerprint density at radius 3 is 2.73 bits per heavy atom. The van der Waals surface area contributed by atoms with E-state index in [4.69, 9.17) is 0 Å². The highest BCUT2D eigenvalue weighted by atomic mass is 79.9. The lowest BCUT2D eigenvalue weighted by atomic mass is 10.2. The van der Waals surface area contributed by atoms with Crippen LogP contribution in [0.15, 0.2) is 40.6 Å². The first kappa shape index (κ1) is 9.92. The summed E-state index contributed by atoms with van der Waals surface area (Å²) >= 11 is 3.15. The van der Waals surface area contributed by atoms with Crippen molar-refractivity contribution in [1.82, 2.24) is 0 Å². The van der Waals surface area contributed by atoms with E-state index in [1.165, 1.54) is 0 Å². The number of anilines is 1. The fraction of sp³-hybridized carbons (Fsp3) is 0. The van der Waals surface area contributed by atoms with E-state index in [0.29, 0.717) is 4.48 Å². The number of hydrogen-bond acceptors (Lipinski definition) is 3. The summed E-state index contributed by atoms with van der Waals surface area (Å²) in [5, 5.41) is 13.5. The van der Waals surface area contributed by atoms with Crippen molar-refractivity contribution in [2.24, 2.45) is 0 Å². The fourth-order valence-electron chi connectivity index (χ4n) is 1.32. The van der Waals surface area contributed by atoms with Crippen molar-refractivity contribution in [3.63, 3.8) is 0 Å². The third kappa shape index (κ3) is 1.92. The van der Waals surface area contributed by atoms with Crippen LogP contribution >= 0.6 is 15.9 Å². The highest BCUT2D eigenvalue weighted by Gasteiger charge is 2.18. The molecule has 0 saturated carbocycles. The number of para-hydroxylation sites is 1. The second kappa shape index (κ2) is 3.86. The molecule has 0 saturated heterocycles. The molecule has 1 aliphatic rings. The topological polar surface area (TPSA) is 55.2 Å². The Kier molecular flexibility index (Phi) is 2.55. The highest BCUT2D eigenvalue weighted by molar-refractivity contribution is 9.11. The number of allylic oxidation sites excluding steroid dienone is 2. The van der Waals surface area contributed by atoms with Gasteiger partial charge in [-0.15, -0.1) is 0 Å². The van der Waals surface area contributed by atoms with Crippen molar-refractivity contribution in [1.29, 1.82) is 0 Å². The van der Waals surface area contributed by atoms with Crippen molar-refractivity contribution in [3.05, 3.63) is 56.3 Å². The minimum Gasteiger partial charge on any atom is -0.358 e. The van der Waals surface area contributed by atoms with Gasteiger partial charge in [-0.3, -0.25) is 0 Å². The molecule has 15 heavy (non-hydrogen) atoms. The molecule has 2 rings (SSSR count). The first-order valence-electron chi connectivity index (χ1n) is 4.27. The van der Waals surface area contributed by atoms with Gasteiger partial charge >= 0.3 is 5.82 Å². The molecular formula is C10H7BrN2O2. The van der Waals surface area contributed by atoms with E-state index in [2.05, 4.69) is 21.2 Å². The normalized spacial score (nSPS) is 14.2. The molecule has 0 unspecified atom stereocenters. The van der Waals surface area contributed by atoms with Crippen LogP contribution in [0.3, 0.4) is 0 Å². The van der Waals surface area contributed by atoms with Crippen LogP contribution in [-0.2, 0) is 0 Å². The maximum atomic E-state index is 10.7. The van der Waals surface area contributed by atoms with Gasteiger partial charge < -0.3 is 10.1 Å². The van der Waals surface area contributed by atoms with E-state index >= 15 is 0 Å². The van der Waals surface area contributed by atoms with Gasteiger partial charge in [-0.2, -0.15) is 0 Å². The summed E-state index contributed by atoms with van der Waals surface area (Å²) in [6.07, 6.45) is 3.49. The number of hydrogen-bond donors (Lipinski definition) is 1. The summed E-state index contributed by atoms with van der Waals surface area (Å²) in [5.41, 5.74) is 1.65. The van der Waals surface area contributed by atoms with Crippen molar-refractivity contribution in [2.45, 2.75) is 0 Å². The Balaban J connectivity index is 2.51. The summed E-state index contributed by atoms with van der Waals surface area (Å²) in [6.45, 7) is 0. The molecule has 0 aromatic heterocycles. The molecule has 0 spiro atoms. The standard InChI is InChI=1S/C10H7BrN2O2/c11-8-6-5-7-3-1-2-4-9(7)12-10(8)13(14)15/h1-6,12H. The van der Waals surface area contributed by atoms with Gasteiger partial charge in [0.15, 0.2) is 0 Å². The smallest absolute Gasteiger partial charge is 0.335 e.